The monoisotopic (exact) mass is 208 g/mol. The Morgan fingerprint density at radius 2 is 2.13 bits per heavy atom. The van der Waals surface area contributed by atoms with E-state index in [1.807, 2.05) is 6.07 Å². The van der Waals surface area contributed by atoms with Gasteiger partial charge in [-0.25, -0.2) is 4.39 Å². The van der Waals surface area contributed by atoms with E-state index in [1.54, 1.807) is 12.1 Å². The Labute approximate surface area is 89.9 Å². The fourth-order valence-electron chi connectivity index (χ4n) is 2.30. The van der Waals surface area contributed by atoms with E-state index in [-0.39, 0.29) is 17.0 Å². The first kappa shape index (κ1) is 10.3. The quantitative estimate of drug-likeness (QED) is 0.719. The van der Waals surface area contributed by atoms with Gasteiger partial charge in [-0.05, 0) is 38.8 Å². The highest BCUT2D eigenvalue weighted by atomic mass is 19.1. The SMILES string of the molecule is CC1(C)CCCN1c1cccc(N)c1F. The van der Waals surface area contributed by atoms with Crippen molar-refractivity contribution in [3.63, 3.8) is 0 Å². The average Bonchev–Trinajstić information content (AvgIpc) is 2.50. The van der Waals surface area contributed by atoms with E-state index in [1.165, 1.54) is 0 Å². The van der Waals surface area contributed by atoms with Gasteiger partial charge in [-0.15, -0.1) is 0 Å². The lowest BCUT2D eigenvalue weighted by Crippen LogP contribution is -2.38. The van der Waals surface area contributed by atoms with Crippen molar-refractivity contribution in [3.8, 4) is 0 Å². The van der Waals surface area contributed by atoms with Gasteiger partial charge in [-0.3, -0.25) is 0 Å². The molecule has 0 aromatic heterocycles. The smallest absolute Gasteiger partial charge is 0.169 e. The summed E-state index contributed by atoms with van der Waals surface area (Å²) in [6.45, 7) is 5.19. The van der Waals surface area contributed by atoms with Gasteiger partial charge in [0.15, 0.2) is 5.82 Å². The van der Waals surface area contributed by atoms with Crippen molar-refractivity contribution in [2.24, 2.45) is 0 Å². The molecule has 0 atom stereocenters. The first-order chi connectivity index (χ1) is 7.02. The van der Waals surface area contributed by atoms with Crippen LogP contribution in [-0.2, 0) is 0 Å². The lowest BCUT2D eigenvalue weighted by molar-refractivity contribution is 0.507. The highest BCUT2D eigenvalue weighted by Gasteiger charge is 2.33. The van der Waals surface area contributed by atoms with Crippen molar-refractivity contribution < 1.29 is 4.39 Å². The second-order valence-corrected chi connectivity index (χ2v) is 4.75. The molecule has 0 spiro atoms. The summed E-state index contributed by atoms with van der Waals surface area (Å²) in [6, 6.07) is 5.21. The number of hydrogen-bond acceptors (Lipinski definition) is 2. The molecule has 0 aliphatic carbocycles. The highest BCUT2D eigenvalue weighted by Crippen LogP contribution is 2.36. The van der Waals surface area contributed by atoms with Crippen molar-refractivity contribution in [2.45, 2.75) is 32.2 Å². The molecule has 1 aromatic rings. The minimum Gasteiger partial charge on any atom is -0.396 e. The zero-order valence-electron chi connectivity index (χ0n) is 9.26. The largest absolute Gasteiger partial charge is 0.396 e. The molecule has 1 saturated heterocycles. The number of nitrogens with zero attached hydrogens (tertiary/aromatic N) is 1. The van der Waals surface area contributed by atoms with Crippen LogP contribution >= 0.6 is 0 Å². The van der Waals surface area contributed by atoms with Gasteiger partial charge in [0.2, 0.25) is 0 Å². The Balaban J connectivity index is 2.41. The molecular weight excluding hydrogens is 191 g/mol. The zero-order valence-corrected chi connectivity index (χ0v) is 9.26. The van der Waals surface area contributed by atoms with Gasteiger partial charge >= 0.3 is 0 Å². The van der Waals surface area contributed by atoms with Crippen molar-refractivity contribution >= 4 is 11.4 Å². The molecule has 0 saturated carbocycles. The standard InChI is InChI=1S/C12H17FN2/c1-12(2)7-4-8-15(12)10-6-3-5-9(14)11(10)13/h3,5-6H,4,7-8,14H2,1-2H3. The van der Waals surface area contributed by atoms with Gasteiger partial charge in [0.05, 0.1) is 11.4 Å². The van der Waals surface area contributed by atoms with E-state index in [0.717, 1.165) is 19.4 Å². The molecule has 1 aromatic carbocycles. The number of nitrogens with two attached hydrogens (primary N) is 1. The minimum atomic E-state index is -0.285. The number of benzene rings is 1. The van der Waals surface area contributed by atoms with E-state index in [4.69, 9.17) is 5.73 Å². The maximum Gasteiger partial charge on any atom is 0.169 e. The molecule has 82 valence electrons. The molecule has 3 heteroatoms. The highest BCUT2D eigenvalue weighted by molar-refractivity contribution is 5.59. The van der Waals surface area contributed by atoms with E-state index in [0.29, 0.717) is 5.69 Å². The normalized spacial score (nSPS) is 19.5. The predicted octanol–water partition coefficient (Wildman–Crippen LogP) is 2.79. The molecule has 0 radical (unpaired) electrons. The lowest BCUT2D eigenvalue weighted by atomic mass is 10.0. The third kappa shape index (κ3) is 1.66. The number of hydrogen-bond donors (Lipinski definition) is 1. The summed E-state index contributed by atoms with van der Waals surface area (Å²) >= 11 is 0. The van der Waals surface area contributed by atoms with Crippen LogP contribution in [0.3, 0.4) is 0 Å². The average molecular weight is 208 g/mol. The molecule has 2 nitrogen and oxygen atoms in total. The van der Waals surface area contributed by atoms with E-state index in [2.05, 4.69) is 18.7 Å². The van der Waals surface area contributed by atoms with Gasteiger partial charge < -0.3 is 10.6 Å². The Bertz CT molecular complexity index is 374. The fraction of sp³-hybridized carbons (Fsp3) is 0.500. The number of halogens is 1. The number of nitrogen functional groups attached to an aromatic ring is 1. The first-order valence-corrected chi connectivity index (χ1v) is 5.34. The van der Waals surface area contributed by atoms with Crippen LogP contribution in [0.15, 0.2) is 18.2 Å². The van der Waals surface area contributed by atoms with Crippen LogP contribution < -0.4 is 10.6 Å². The number of anilines is 2. The van der Waals surface area contributed by atoms with Crippen LogP contribution in [-0.4, -0.2) is 12.1 Å². The van der Waals surface area contributed by atoms with Crippen LogP contribution in [0.4, 0.5) is 15.8 Å². The molecule has 2 N–H and O–H groups in total. The van der Waals surface area contributed by atoms with Gasteiger partial charge in [0.1, 0.15) is 0 Å². The third-order valence-electron chi connectivity index (χ3n) is 3.20. The Hall–Kier alpha value is -1.25. The Morgan fingerprint density at radius 3 is 2.73 bits per heavy atom. The van der Waals surface area contributed by atoms with Crippen LogP contribution in [0.25, 0.3) is 0 Å². The molecular formula is C12H17FN2. The van der Waals surface area contributed by atoms with Gasteiger partial charge in [-0.2, -0.15) is 0 Å². The maximum atomic E-state index is 13.8. The molecule has 1 fully saturated rings. The van der Waals surface area contributed by atoms with E-state index < -0.39 is 0 Å². The summed E-state index contributed by atoms with van der Waals surface area (Å²) in [7, 11) is 0. The van der Waals surface area contributed by atoms with Crippen molar-refractivity contribution in [1.82, 2.24) is 0 Å². The van der Waals surface area contributed by atoms with Crippen molar-refractivity contribution in [2.75, 3.05) is 17.2 Å². The lowest BCUT2D eigenvalue weighted by Gasteiger charge is -2.34. The van der Waals surface area contributed by atoms with Gasteiger partial charge in [-0.1, -0.05) is 6.07 Å². The molecule has 2 rings (SSSR count). The van der Waals surface area contributed by atoms with Gasteiger partial charge in [0, 0.05) is 12.1 Å². The second kappa shape index (κ2) is 3.40. The zero-order chi connectivity index (χ0) is 11.1. The molecule has 0 unspecified atom stereocenters. The van der Waals surface area contributed by atoms with Crippen LogP contribution in [0.2, 0.25) is 0 Å². The summed E-state index contributed by atoms with van der Waals surface area (Å²) < 4.78 is 13.8. The summed E-state index contributed by atoms with van der Waals surface area (Å²) in [5.41, 5.74) is 6.48. The molecule has 1 aliphatic heterocycles. The molecule has 1 aliphatic rings. The van der Waals surface area contributed by atoms with Crippen molar-refractivity contribution in [3.05, 3.63) is 24.0 Å². The summed E-state index contributed by atoms with van der Waals surface area (Å²) in [4.78, 5) is 2.11. The van der Waals surface area contributed by atoms with Crippen LogP contribution in [0, 0.1) is 5.82 Å². The van der Waals surface area contributed by atoms with Crippen molar-refractivity contribution in [1.29, 1.82) is 0 Å². The first-order valence-electron chi connectivity index (χ1n) is 5.34. The molecule has 15 heavy (non-hydrogen) atoms. The summed E-state index contributed by atoms with van der Waals surface area (Å²) in [5, 5.41) is 0. The van der Waals surface area contributed by atoms with Gasteiger partial charge in [0.25, 0.3) is 0 Å². The molecule has 0 bridgehead atoms. The number of rotatable bonds is 1. The van der Waals surface area contributed by atoms with E-state index >= 15 is 0 Å². The molecule has 0 amide bonds. The summed E-state index contributed by atoms with van der Waals surface area (Å²) in [5.74, 6) is -0.285. The second-order valence-electron chi connectivity index (χ2n) is 4.75. The van der Waals surface area contributed by atoms with Crippen LogP contribution in [0.5, 0.6) is 0 Å². The molecule has 1 heterocycles. The van der Waals surface area contributed by atoms with E-state index in [9.17, 15) is 4.39 Å². The fourth-order valence-corrected chi connectivity index (χ4v) is 2.30. The maximum absolute atomic E-state index is 13.8. The Morgan fingerprint density at radius 1 is 1.40 bits per heavy atom. The third-order valence-corrected chi connectivity index (χ3v) is 3.20. The van der Waals surface area contributed by atoms with Crippen LogP contribution in [0.1, 0.15) is 26.7 Å². The topological polar surface area (TPSA) is 29.3 Å². The minimum absolute atomic E-state index is 0.0363. The Kier molecular flexibility index (Phi) is 2.33. The predicted molar refractivity (Wildman–Crippen MR) is 61.5 cm³/mol. The summed E-state index contributed by atoms with van der Waals surface area (Å²) in [6.07, 6.45) is 2.21.